The normalized spacial score (nSPS) is 12.1. The molecule has 0 aliphatic heterocycles. The Kier molecular flexibility index (Phi) is 6.79. The van der Waals surface area contributed by atoms with Crippen molar-refractivity contribution in [3.05, 3.63) is 182 Å². The summed E-state index contributed by atoms with van der Waals surface area (Å²) in [5, 5.41) is 4.64. The molecule has 0 radical (unpaired) electrons. The van der Waals surface area contributed by atoms with Gasteiger partial charge in [-0.1, -0.05) is 103 Å². The SMILES string of the molecule is c1ccc2c(c1)-c1cc(-n3c4ccccc4c4ccccc43)ccc1-c1cnc(-n3cc4c(c3)-c3sccc3-c3cccnc3-c3ncccc3-4)nc1-c1ccccc1-2. The first-order valence-corrected chi connectivity index (χ1v) is 20.6. The largest absolute Gasteiger partial charge is 0.309 e. The van der Waals surface area contributed by atoms with Crippen LogP contribution in [-0.2, 0) is 0 Å². The Morgan fingerprint density at radius 1 is 0.407 bits per heavy atom. The smallest absolute Gasteiger partial charge is 0.234 e. The zero-order valence-corrected chi connectivity index (χ0v) is 32.2. The van der Waals surface area contributed by atoms with E-state index in [0.717, 1.165) is 78.4 Å². The van der Waals surface area contributed by atoms with E-state index in [1.54, 1.807) is 11.3 Å². The second-order valence-corrected chi connectivity index (χ2v) is 16.0. The summed E-state index contributed by atoms with van der Waals surface area (Å²) in [5.74, 6) is 0.599. The summed E-state index contributed by atoms with van der Waals surface area (Å²) in [6.45, 7) is 0. The van der Waals surface area contributed by atoms with Crippen molar-refractivity contribution in [2.45, 2.75) is 0 Å². The monoisotopic (exact) mass is 770 g/mol. The summed E-state index contributed by atoms with van der Waals surface area (Å²) in [5.41, 5.74) is 19.3. The highest BCUT2D eigenvalue weighted by atomic mass is 32.1. The molecule has 6 nitrogen and oxygen atoms in total. The molecule has 0 saturated heterocycles. The number of nitrogens with zero attached hydrogens (tertiary/aromatic N) is 6. The predicted molar refractivity (Wildman–Crippen MR) is 240 cm³/mol. The maximum atomic E-state index is 5.50. The summed E-state index contributed by atoms with van der Waals surface area (Å²) >= 11 is 1.74. The zero-order chi connectivity index (χ0) is 38.6. The first kappa shape index (κ1) is 32.4. The molecule has 11 aromatic rings. The van der Waals surface area contributed by atoms with E-state index in [1.807, 2.05) is 30.7 Å². The van der Waals surface area contributed by atoms with Crippen molar-refractivity contribution in [1.29, 1.82) is 0 Å². The van der Waals surface area contributed by atoms with Crippen LogP contribution in [0.25, 0.3) is 122 Å². The minimum atomic E-state index is 0.599. The average Bonchev–Trinajstić information content (AvgIpc) is 4.04. The lowest BCUT2D eigenvalue weighted by atomic mass is 9.83. The summed E-state index contributed by atoms with van der Waals surface area (Å²) in [6.07, 6.45) is 10.1. The fraction of sp³-hybridized carbons (Fsp3) is 0. The number of benzene rings is 5. The number of fused-ring (bicyclic) bond motifs is 19. The molecule has 2 aliphatic carbocycles. The summed E-state index contributed by atoms with van der Waals surface area (Å²) in [4.78, 5) is 21.6. The van der Waals surface area contributed by atoms with Gasteiger partial charge in [0.15, 0.2) is 0 Å². The van der Waals surface area contributed by atoms with Gasteiger partial charge in [0.05, 0.1) is 28.1 Å². The van der Waals surface area contributed by atoms with Gasteiger partial charge in [0.1, 0.15) is 0 Å². The molecular formula is C52H30N6S. The molecule has 0 bridgehead atoms. The van der Waals surface area contributed by atoms with Gasteiger partial charge < -0.3 is 4.57 Å². The zero-order valence-electron chi connectivity index (χ0n) is 31.4. The van der Waals surface area contributed by atoms with Crippen molar-refractivity contribution < 1.29 is 0 Å². The van der Waals surface area contributed by atoms with Gasteiger partial charge in [0.25, 0.3) is 0 Å². The first-order valence-electron chi connectivity index (χ1n) is 19.7. The molecule has 0 atom stereocenters. The topological polar surface area (TPSA) is 61.4 Å². The number of hydrogen-bond donors (Lipinski definition) is 0. The fourth-order valence-electron chi connectivity index (χ4n) is 9.42. The minimum Gasteiger partial charge on any atom is -0.309 e. The molecule has 0 unspecified atom stereocenters. The van der Waals surface area contributed by atoms with E-state index >= 15 is 0 Å². The van der Waals surface area contributed by atoms with Crippen LogP contribution in [0.15, 0.2) is 182 Å². The van der Waals surface area contributed by atoms with E-state index in [0.29, 0.717) is 5.95 Å². The summed E-state index contributed by atoms with van der Waals surface area (Å²) in [7, 11) is 0. The number of pyridine rings is 2. The molecule has 6 heterocycles. The Morgan fingerprint density at radius 3 is 1.71 bits per heavy atom. The third-order valence-corrected chi connectivity index (χ3v) is 12.9. The van der Waals surface area contributed by atoms with Crippen LogP contribution in [0.1, 0.15) is 0 Å². The van der Waals surface area contributed by atoms with Crippen LogP contribution in [-0.4, -0.2) is 29.1 Å². The highest BCUT2D eigenvalue weighted by Gasteiger charge is 2.28. The van der Waals surface area contributed by atoms with Crippen molar-refractivity contribution in [3.63, 3.8) is 0 Å². The van der Waals surface area contributed by atoms with Crippen LogP contribution < -0.4 is 0 Å². The molecule has 6 aromatic heterocycles. The van der Waals surface area contributed by atoms with Gasteiger partial charge in [-0.15, -0.1) is 11.3 Å². The second-order valence-electron chi connectivity index (χ2n) is 15.1. The number of thiophene rings is 1. The average molecular weight is 771 g/mol. The van der Waals surface area contributed by atoms with Gasteiger partial charge in [-0.05, 0) is 75.7 Å². The molecule has 59 heavy (non-hydrogen) atoms. The minimum absolute atomic E-state index is 0.599. The molecule has 2 aliphatic rings. The Bertz CT molecular complexity index is 3480. The van der Waals surface area contributed by atoms with Crippen molar-refractivity contribution >= 4 is 33.1 Å². The second kappa shape index (κ2) is 12.4. The molecule has 5 aromatic carbocycles. The fourth-order valence-corrected chi connectivity index (χ4v) is 10.4. The summed E-state index contributed by atoms with van der Waals surface area (Å²) < 4.78 is 4.47. The van der Waals surface area contributed by atoms with Crippen LogP contribution in [0.5, 0.6) is 0 Å². The summed E-state index contributed by atoms with van der Waals surface area (Å²) in [6, 6.07) is 52.1. The quantitative estimate of drug-likeness (QED) is 0.176. The Labute approximate surface area is 343 Å². The molecular weight excluding hydrogens is 741 g/mol. The van der Waals surface area contributed by atoms with Gasteiger partial charge >= 0.3 is 0 Å². The van der Waals surface area contributed by atoms with E-state index < -0.39 is 0 Å². The van der Waals surface area contributed by atoms with Gasteiger partial charge in [-0.25, -0.2) is 9.97 Å². The van der Waals surface area contributed by atoms with Crippen LogP contribution in [0.4, 0.5) is 0 Å². The standard InChI is InChI=1S/C52H30N6S/c1-2-13-34-32(11-1)33-12-3-4-16-38(33)48-43(35-22-21-31(27-42(34)35)58-46-19-7-5-14-36(46)37-15-6-8-20-47(37)58)28-55-52(56-48)57-29-44-40-18-10-25-54-50(40)49-39(17-9-24-53-49)41-23-26-59-51(41)45(44)30-57/h1-30H. The van der Waals surface area contributed by atoms with Crippen LogP contribution in [0, 0.1) is 0 Å². The van der Waals surface area contributed by atoms with Crippen molar-refractivity contribution in [2.24, 2.45) is 0 Å². The number of hydrogen-bond acceptors (Lipinski definition) is 5. The number of para-hydroxylation sites is 2. The van der Waals surface area contributed by atoms with Gasteiger partial charge in [0, 0.05) is 91.3 Å². The lowest BCUT2D eigenvalue weighted by Gasteiger charge is -2.23. The van der Waals surface area contributed by atoms with Crippen LogP contribution in [0.2, 0.25) is 0 Å². The first-order chi connectivity index (χ1) is 29.3. The molecule has 0 saturated carbocycles. The lowest BCUT2D eigenvalue weighted by Crippen LogP contribution is -2.05. The molecule has 0 amide bonds. The third-order valence-electron chi connectivity index (χ3n) is 12.0. The molecule has 274 valence electrons. The lowest BCUT2D eigenvalue weighted by molar-refractivity contribution is 0.940. The van der Waals surface area contributed by atoms with E-state index in [-0.39, 0.29) is 0 Å². The van der Waals surface area contributed by atoms with E-state index in [4.69, 9.17) is 19.9 Å². The van der Waals surface area contributed by atoms with E-state index in [1.165, 1.54) is 37.8 Å². The van der Waals surface area contributed by atoms with Gasteiger partial charge in [-0.2, -0.15) is 0 Å². The molecule has 0 N–H and O–H groups in total. The van der Waals surface area contributed by atoms with Crippen molar-refractivity contribution in [1.82, 2.24) is 29.1 Å². The third kappa shape index (κ3) is 4.67. The van der Waals surface area contributed by atoms with E-state index in [2.05, 4.69) is 160 Å². The molecule has 7 heteroatoms. The van der Waals surface area contributed by atoms with Crippen molar-refractivity contribution in [2.75, 3.05) is 0 Å². The van der Waals surface area contributed by atoms with E-state index in [9.17, 15) is 0 Å². The number of rotatable bonds is 2. The highest BCUT2D eigenvalue weighted by molar-refractivity contribution is 7.14. The van der Waals surface area contributed by atoms with Crippen LogP contribution >= 0.6 is 11.3 Å². The number of aromatic nitrogens is 6. The van der Waals surface area contributed by atoms with Gasteiger partial charge in [0.2, 0.25) is 5.95 Å². The Balaban J connectivity index is 1.04. The molecule has 0 fully saturated rings. The maximum Gasteiger partial charge on any atom is 0.234 e. The maximum absolute atomic E-state index is 5.50. The highest BCUT2D eigenvalue weighted by Crippen LogP contribution is 2.50. The molecule has 0 spiro atoms. The Hall–Kier alpha value is -7.74. The van der Waals surface area contributed by atoms with Crippen LogP contribution in [0.3, 0.4) is 0 Å². The Morgan fingerprint density at radius 2 is 0.983 bits per heavy atom. The van der Waals surface area contributed by atoms with Crippen molar-refractivity contribution in [3.8, 4) is 100 Å². The van der Waals surface area contributed by atoms with Gasteiger partial charge in [-0.3, -0.25) is 14.5 Å². The predicted octanol–water partition coefficient (Wildman–Crippen LogP) is 13.2. The molecule has 13 rings (SSSR count).